The number of methoxy groups -OCH3 is 1. The lowest BCUT2D eigenvalue weighted by Crippen LogP contribution is -2.41. The van der Waals surface area contributed by atoms with Gasteiger partial charge in [0.05, 0.1) is 12.7 Å². The molecule has 0 saturated carbocycles. The third kappa shape index (κ3) is 1.64. The first-order valence-electron chi connectivity index (χ1n) is 5.19. The molecule has 0 unspecified atom stereocenters. The lowest BCUT2D eigenvalue weighted by Gasteiger charge is -2.27. The minimum absolute atomic E-state index is 0.518. The van der Waals surface area contributed by atoms with E-state index in [0.717, 1.165) is 0 Å². The molecule has 1 aromatic rings. The molecule has 1 aromatic carbocycles. The van der Waals surface area contributed by atoms with Crippen LogP contribution in [-0.4, -0.2) is 29.0 Å². The molecule has 0 aliphatic carbocycles. The normalized spacial score (nSPS) is 23.8. The molecule has 2 N–H and O–H groups in total. The summed E-state index contributed by atoms with van der Waals surface area (Å²) in [7, 11) is 1.54. The van der Waals surface area contributed by atoms with Gasteiger partial charge in [0.2, 0.25) is 0 Å². The van der Waals surface area contributed by atoms with E-state index in [2.05, 4.69) is 0 Å². The summed E-state index contributed by atoms with van der Waals surface area (Å²) in [6.45, 7) is 3.22. The van der Waals surface area contributed by atoms with E-state index >= 15 is 0 Å². The van der Waals surface area contributed by atoms with Crippen molar-refractivity contribution in [3.63, 3.8) is 0 Å². The summed E-state index contributed by atoms with van der Waals surface area (Å²) >= 11 is 0. The molecule has 0 amide bonds. The average Bonchev–Trinajstić information content (AvgIpc) is 2.56. The summed E-state index contributed by atoms with van der Waals surface area (Å²) in [4.78, 5) is 0. The van der Waals surface area contributed by atoms with E-state index < -0.39 is 17.8 Å². The quantitative estimate of drug-likeness (QED) is 0.794. The molecule has 4 nitrogen and oxygen atoms in total. The number of fused-ring (bicyclic) bond motifs is 1. The van der Waals surface area contributed by atoms with Crippen LogP contribution < -0.4 is 9.47 Å². The second-order valence-electron chi connectivity index (χ2n) is 4.52. The van der Waals surface area contributed by atoms with Gasteiger partial charge in [0, 0.05) is 5.56 Å². The highest BCUT2D eigenvalue weighted by Crippen LogP contribution is 2.45. The van der Waals surface area contributed by atoms with Crippen molar-refractivity contribution in [2.24, 2.45) is 0 Å². The predicted octanol–water partition coefficient (Wildman–Crippen LogP) is 1.26. The number of ether oxygens (including phenoxy) is 2. The maximum atomic E-state index is 10.1. The van der Waals surface area contributed by atoms with E-state index in [0.29, 0.717) is 17.1 Å². The Morgan fingerprint density at radius 1 is 1.38 bits per heavy atom. The fraction of sp³-hybridized carbons (Fsp3) is 0.500. The summed E-state index contributed by atoms with van der Waals surface area (Å²) < 4.78 is 10.7. The zero-order valence-corrected chi connectivity index (χ0v) is 9.60. The van der Waals surface area contributed by atoms with E-state index in [9.17, 15) is 10.2 Å². The van der Waals surface area contributed by atoms with Gasteiger partial charge in [-0.05, 0) is 19.9 Å². The number of aliphatic hydroxyl groups is 2. The molecule has 0 radical (unpaired) electrons. The van der Waals surface area contributed by atoms with Gasteiger partial charge in [0.1, 0.15) is 6.10 Å². The SMILES string of the molecule is COc1cccc2c1O[C@H](C(C)(C)O)[C@@H]2O. The first kappa shape index (κ1) is 11.2. The molecule has 0 aromatic heterocycles. The molecule has 1 aliphatic heterocycles. The smallest absolute Gasteiger partial charge is 0.167 e. The van der Waals surface area contributed by atoms with Crippen molar-refractivity contribution in [3.8, 4) is 11.5 Å². The standard InChI is InChI=1S/C12H16O4/c1-12(2,14)11-9(13)7-5-4-6-8(15-3)10(7)16-11/h4-6,9,11,13-14H,1-3H3/t9-,11+/m1/s1. The molecule has 2 rings (SSSR count). The van der Waals surface area contributed by atoms with Crippen LogP contribution in [0.5, 0.6) is 11.5 Å². The van der Waals surface area contributed by atoms with Gasteiger partial charge in [-0.25, -0.2) is 0 Å². The number of benzene rings is 1. The van der Waals surface area contributed by atoms with Crippen LogP contribution >= 0.6 is 0 Å². The van der Waals surface area contributed by atoms with Crippen LogP contribution in [0.2, 0.25) is 0 Å². The molecule has 16 heavy (non-hydrogen) atoms. The zero-order chi connectivity index (χ0) is 11.9. The number of aliphatic hydroxyl groups excluding tert-OH is 1. The molecule has 0 saturated heterocycles. The Bertz CT molecular complexity index is 394. The highest BCUT2D eigenvalue weighted by molar-refractivity contribution is 5.51. The van der Waals surface area contributed by atoms with Gasteiger partial charge in [-0.1, -0.05) is 12.1 Å². The van der Waals surface area contributed by atoms with E-state index in [-0.39, 0.29) is 0 Å². The Labute approximate surface area is 94.4 Å². The lowest BCUT2D eigenvalue weighted by atomic mass is 9.94. The van der Waals surface area contributed by atoms with E-state index in [1.54, 1.807) is 39.2 Å². The molecule has 1 aliphatic rings. The van der Waals surface area contributed by atoms with Crippen molar-refractivity contribution in [2.75, 3.05) is 7.11 Å². The van der Waals surface area contributed by atoms with E-state index in [1.807, 2.05) is 0 Å². The van der Waals surface area contributed by atoms with E-state index in [4.69, 9.17) is 9.47 Å². The fourth-order valence-electron chi connectivity index (χ4n) is 1.94. The van der Waals surface area contributed by atoms with Crippen molar-refractivity contribution in [1.29, 1.82) is 0 Å². The Morgan fingerprint density at radius 2 is 2.06 bits per heavy atom. The number of para-hydroxylation sites is 1. The summed E-state index contributed by atoms with van der Waals surface area (Å²) in [5.74, 6) is 1.09. The molecule has 0 bridgehead atoms. The van der Waals surface area contributed by atoms with Crippen LogP contribution in [0.25, 0.3) is 0 Å². The first-order valence-corrected chi connectivity index (χ1v) is 5.19. The monoisotopic (exact) mass is 224 g/mol. The highest BCUT2D eigenvalue weighted by atomic mass is 16.5. The Kier molecular flexibility index (Phi) is 2.56. The Hall–Kier alpha value is -1.26. The van der Waals surface area contributed by atoms with Gasteiger partial charge in [-0.15, -0.1) is 0 Å². The Morgan fingerprint density at radius 3 is 2.62 bits per heavy atom. The molecular weight excluding hydrogens is 208 g/mol. The Balaban J connectivity index is 2.41. The molecule has 4 heteroatoms. The molecule has 1 heterocycles. The lowest BCUT2D eigenvalue weighted by molar-refractivity contribution is -0.0766. The van der Waals surface area contributed by atoms with Gasteiger partial charge in [-0.3, -0.25) is 0 Å². The molecule has 0 fully saturated rings. The number of hydrogen-bond acceptors (Lipinski definition) is 4. The van der Waals surface area contributed by atoms with Crippen molar-refractivity contribution in [3.05, 3.63) is 23.8 Å². The fourth-order valence-corrected chi connectivity index (χ4v) is 1.94. The number of hydrogen-bond donors (Lipinski definition) is 2. The summed E-state index contributed by atoms with van der Waals surface area (Å²) in [5.41, 5.74) is -0.449. The largest absolute Gasteiger partial charge is 0.493 e. The average molecular weight is 224 g/mol. The van der Waals surface area contributed by atoms with Crippen LogP contribution in [0.1, 0.15) is 25.5 Å². The minimum Gasteiger partial charge on any atom is -0.493 e. The maximum absolute atomic E-state index is 10.1. The van der Waals surface area contributed by atoms with Crippen LogP contribution in [0.4, 0.5) is 0 Å². The van der Waals surface area contributed by atoms with Crippen molar-refractivity contribution in [2.45, 2.75) is 31.7 Å². The highest BCUT2D eigenvalue weighted by Gasteiger charge is 2.43. The molecular formula is C12H16O4. The summed E-state index contributed by atoms with van der Waals surface area (Å²) in [5, 5.41) is 20.0. The van der Waals surface area contributed by atoms with Gasteiger partial charge in [0.25, 0.3) is 0 Å². The van der Waals surface area contributed by atoms with Gasteiger partial charge >= 0.3 is 0 Å². The molecule has 2 atom stereocenters. The number of rotatable bonds is 2. The van der Waals surface area contributed by atoms with Crippen molar-refractivity contribution in [1.82, 2.24) is 0 Å². The molecule has 0 spiro atoms. The van der Waals surface area contributed by atoms with Crippen LogP contribution in [0, 0.1) is 0 Å². The third-order valence-electron chi connectivity index (χ3n) is 2.78. The molecule has 88 valence electrons. The second kappa shape index (κ2) is 3.64. The first-order chi connectivity index (χ1) is 7.45. The van der Waals surface area contributed by atoms with Crippen LogP contribution in [0.3, 0.4) is 0 Å². The second-order valence-corrected chi connectivity index (χ2v) is 4.52. The minimum atomic E-state index is -1.11. The van der Waals surface area contributed by atoms with Gasteiger partial charge in [0.15, 0.2) is 17.6 Å². The summed E-state index contributed by atoms with van der Waals surface area (Å²) in [6.07, 6.45) is -1.50. The van der Waals surface area contributed by atoms with Crippen LogP contribution in [-0.2, 0) is 0 Å². The predicted molar refractivity (Wildman–Crippen MR) is 58.7 cm³/mol. The van der Waals surface area contributed by atoms with E-state index in [1.165, 1.54) is 0 Å². The zero-order valence-electron chi connectivity index (χ0n) is 9.60. The van der Waals surface area contributed by atoms with Gasteiger partial charge in [-0.2, -0.15) is 0 Å². The van der Waals surface area contributed by atoms with Gasteiger partial charge < -0.3 is 19.7 Å². The van der Waals surface area contributed by atoms with Crippen molar-refractivity contribution < 1.29 is 19.7 Å². The maximum Gasteiger partial charge on any atom is 0.167 e. The topological polar surface area (TPSA) is 58.9 Å². The van der Waals surface area contributed by atoms with Crippen molar-refractivity contribution >= 4 is 0 Å². The van der Waals surface area contributed by atoms with Crippen LogP contribution in [0.15, 0.2) is 18.2 Å². The summed E-state index contributed by atoms with van der Waals surface area (Å²) in [6, 6.07) is 5.32. The third-order valence-corrected chi connectivity index (χ3v) is 2.78.